The second kappa shape index (κ2) is 11.8. The van der Waals surface area contributed by atoms with Gasteiger partial charge in [-0.05, 0) is 56.7 Å². The lowest BCUT2D eigenvalue weighted by Crippen LogP contribution is -2.59. The highest BCUT2D eigenvalue weighted by Crippen LogP contribution is 2.33. The quantitative estimate of drug-likeness (QED) is 0.214. The van der Waals surface area contributed by atoms with Crippen molar-refractivity contribution in [2.75, 3.05) is 16.0 Å². The van der Waals surface area contributed by atoms with Crippen LogP contribution in [0.25, 0.3) is 15.9 Å². The second-order valence-electron chi connectivity index (χ2n) is 9.82. The molecule has 210 valence electrons. The third kappa shape index (κ3) is 5.45. The summed E-state index contributed by atoms with van der Waals surface area (Å²) in [6, 6.07) is 26.2. The summed E-state index contributed by atoms with van der Waals surface area (Å²) < 4.78 is 5.03. The summed E-state index contributed by atoms with van der Waals surface area (Å²) >= 11 is 2.82. The standard InChI is InChI=1S/C31H31N5O3S2/c1-5-31(3,29(39)32-22-14-8-6-9-15-22)35(26(37)20-40-30-33-24-18-12-13-19-25(24)41-30)27-21(2)34(4)36(28(27)38)23-16-10-7-11-17-23/h6-19H,5,20H2,1-4H3,(H,32,39)/t31-/m1/s1. The number of carbonyl (C=O) groups excluding carboxylic acids is 2. The van der Waals surface area contributed by atoms with E-state index >= 15 is 0 Å². The van der Waals surface area contributed by atoms with E-state index in [0.717, 1.165) is 14.6 Å². The molecule has 1 atom stereocenters. The predicted octanol–water partition coefficient (Wildman–Crippen LogP) is 6.03. The Morgan fingerprint density at radius 3 is 2.29 bits per heavy atom. The first-order chi connectivity index (χ1) is 19.7. The van der Waals surface area contributed by atoms with E-state index in [9.17, 15) is 14.4 Å². The fourth-order valence-electron chi connectivity index (χ4n) is 4.77. The number of carbonyl (C=O) groups is 2. The molecule has 1 N–H and O–H groups in total. The Kier molecular flexibility index (Phi) is 8.14. The average molecular weight is 586 g/mol. The van der Waals surface area contributed by atoms with Gasteiger partial charge in [0.25, 0.3) is 5.56 Å². The molecule has 3 aromatic carbocycles. The van der Waals surface area contributed by atoms with Crippen molar-refractivity contribution in [1.29, 1.82) is 0 Å². The van der Waals surface area contributed by atoms with Crippen LogP contribution in [0.5, 0.6) is 0 Å². The maximum absolute atomic E-state index is 14.2. The van der Waals surface area contributed by atoms with Crippen LogP contribution < -0.4 is 15.8 Å². The number of hydrogen-bond acceptors (Lipinski definition) is 6. The van der Waals surface area contributed by atoms with E-state index in [1.165, 1.54) is 32.7 Å². The molecule has 8 nitrogen and oxygen atoms in total. The molecule has 0 saturated carbocycles. The summed E-state index contributed by atoms with van der Waals surface area (Å²) in [5.41, 5.74) is 1.16. The van der Waals surface area contributed by atoms with Gasteiger partial charge in [0.15, 0.2) is 4.34 Å². The molecule has 5 aromatic rings. The highest BCUT2D eigenvalue weighted by Gasteiger charge is 2.44. The van der Waals surface area contributed by atoms with Gasteiger partial charge in [-0.2, -0.15) is 0 Å². The average Bonchev–Trinajstić information content (AvgIpc) is 3.50. The highest BCUT2D eigenvalue weighted by atomic mass is 32.2. The van der Waals surface area contributed by atoms with Crippen LogP contribution in [0.15, 0.2) is 94.1 Å². The molecule has 0 radical (unpaired) electrons. The van der Waals surface area contributed by atoms with Crippen LogP contribution in [0.1, 0.15) is 26.0 Å². The number of fused-ring (bicyclic) bond motifs is 1. The molecular weight excluding hydrogens is 555 g/mol. The number of thiazole rings is 1. The molecule has 0 aliphatic rings. The number of thioether (sulfide) groups is 1. The lowest BCUT2D eigenvalue weighted by Gasteiger charge is -2.38. The van der Waals surface area contributed by atoms with Crippen LogP contribution in [0.3, 0.4) is 0 Å². The molecule has 0 unspecified atom stereocenters. The van der Waals surface area contributed by atoms with E-state index in [2.05, 4.69) is 10.3 Å². The van der Waals surface area contributed by atoms with Crippen molar-refractivity contribution < 1.29 is 9.59 Å². The van der Waals surface area contributed by atoms with Gasteiger partial charge in [-0.25, -0.2) is 9.67 Å². The topological polar surface area (TPSA) is 89.2 Å². The minimum absolute atomic E-state index is 0.00708. The maximum Gasteiger partial charge on any atom is 0.295 e. The number of anilines is 2. The summed E-state index contributed by atoms with van der Waals surface area (Å²) in [6.45, 7) is 5.35. The second-order valence-corrected chi connectivity index (χ2v) is 12.1. The fraction of sp³-hybridized carbons (Fsp3) is 0.226. The van der Waals surface area contributed by atoms with Crippen molar-refractivity contribution >= 4 is 56.5 Å². The first-order valence-electron chi connectivity index (χ1n) is 13.3. The van der Waals surface area contributed by atoms with Crippen LogP contribution in [-0.4, -0.2) is 37.5 Å². The molecule has 0 spiro atoms. The molecule has 10 heteroatoms. The first-order valence-corrected chi connectivity index (χ1v) is 15.1. The van der Waals surface area contributed by atoms with Crippen molar-refractivity contribution in [3.05, 3.63) is 101 Å². The largest absolute Gasteiger partial charge is 0.324 e. The third-order valence-electron chi connectivity index (χ3n) is 7.29. The maximum atomic E-state index is 14.2. The van der Waals surface area contributed by atoms with Crippen molar-refractivity contribution in [2.24, 2.45) is 7.05 Å². The van der Waals surface area contributed by atoms with Gasteiger partial charge in [-0.1, -0.05) is 67.2 Å². The SMILES string of the molecule is CC[C@](C)(C(=O)Nc1ccccc1)N(C(=O)CSc1nc2ccccc2s1)c1c(C)n(C)n(-c2ccccc2)c1=O. The van der Waals surface area contributed by atoms with Crippen LogP contribution in [0.2, 0.25) is 0 Å². The predicted molar refractivity (Wildman–Crippen MR) is 167 cm³/mol. The Bertz CT molecular complexity index is 1730. The monoisotopic (exact) mass is 585 g/mol. The molecule has 5 rings (SSSR count). The zero-order chi connectivity index (χ0) is 29.1. The number of nitrogens with zero attached hydrogens (tertiary/aromatic N) is 4. The zero-order valence-corrected chi connectivity index (χ0v) is 25.0. The molecule has 0 aliphatic carbocycles. The Hall–Kier alpha value is -4.15. The zero-order valence-electron chi connectivity index (χ0n) is 23.3. The smallest absolute Gasteiger partial charge is 0.295 e. The molecule has 2 amide bonds. The van der Waals surface area contributed by atoms with Crippen LogP contribution in [0, 0.1) is 6.92 Å². The molecular formula is C31H31N5O3S2. The van der Waals surface area contributed by atoms with E-state index in [0.29, 0.717) is 17.1 Å². The van der Waals surface area contributed by atoms with Crippen LogP contribution >= 0.6 is 23.1 Å². The summed E-state index contributed by atoms with van der Waals surface area (Å²) in [7, 11) is 1.78. The molecule has 0 fully saturated rings. The van der Waals surface area contributed by atoms with Crippen molar-refractivity contribution in [3.8, 4) is 5.69 Å². The van der Waals surface area contributed by atoms with E-state index in [4.69, 9.17) is 0 Å². The van der Waals surface area contributed by atoms with Crippen molar-refractivity contribution in [3.63, 3.8) is 0 Å². The van der Waals surface area contributed by atoms with Gasteiger partial charge in [0.2, 0.25) is 11.8 Å². The van der Waals surface area contributed by atoms with Crippen LogP contribution in [0.4, 0.5) is 11.4 Å². The molecule has 2 heterocycles. The summed E-state index contributed by atoms with van der Waals surface area (Å²) in [4.78, 5) is 48.3. The number of aromatic nitrogens is 3. The molecule has 2 aromatic heterocycles. The molecule has 0 aliphatic heterocycles. The summed E-state index contributed by atoms with van der Waals surface area (Å²) in [5.74, 6) is -0.723. The Balaban J connectivity index is 1.58. The minimum atomic E-state index is -1.36. The Morgan fingerprint density at radius 2 is 1.63 bits per heavy atom. The number of amides is 2. The van der Waals surface area contributed by atoms with E-state index < -0.39 is 5.54 Å². The van der Waals surface area contributed by atoms with E-state index in [1.54, 1.807) is 37.7 Å². The molecule has 41 heavy (non-hydrogen) atoms. The summed E-state index contributed by atoms with van der Waals surface area (Å²) in [6.07, 6.45) is 0.280. The van der Waals surface area contributed by atoms with Crippen LogP contribution in [-0.2, 0) is 16.6 Å². The number of nitrogens with one attached hydrogen (secondary N) is 1. The lowest BCUT2D eigenvalue weighted by atomic mass is 9.93. The van der Waals surface area contributed by atoms with Gasteiger partial charge in [-0.3, -0.25) is 24.0 Å². The minimum Gasteiger partial charge on any atom is -0.324 e. The number of para-hydroxylation sites is 3. The van der Waals surface area contributed by atoms with Gasteiger partial charge in [0, 0.05) is 12.7 Å². The third-order valence-corrected chi connectivity index (χ3v) is 9.46. The summed E-state index contributed by atoms with van der Waals surface area (Å²) in [5, 5.41) is 2.96. The number of hydrogen-bond donors (Lipinski definition) is 1. The van der Waals surface area contributed by atoms with Crippen molar-refractivity contribution in [2.45, 2.75) is 37.1 Å². The Labute approximate surface area is 246 Å². The van der Waals surface area contributed by atoms with Gasteiger partial charge in [0.1, 0.15) is 11.2 Å². The first kappa shape index (κ1) is 28.4. The van der Waals surface area contributed by atoms with Gasteiger partial charge < -0.3 is 5.32 Å². The van der Waals surface area contributed by atoms with Gasteiger partial charge in [0.05, 0.1) is 27.4 Å². The number of benzene rings is 3. The number of rotatable bonds is 9. The van der Waals surface area contributed by atoms with Gasteiger partial charge in [-0.15, -0.1) is 11.3 Å². The molecule has 0 bridgehead atoms. The Morgan fingerprint density at radius 1 is 1.00 bits per heavy atom. The van der Waals surface area contributed by atoms with E-state index in [-0.39, 0.29) is 35.2 Å². The van der Waals surface area contributed by atoms with Crippen molar-refractivity contribution in [1.82, 2.24) is 14.3 Å². The molecule has 0 saturated heterocycles. The highest BCUT2D eigenvalue weighted by molar-refractivity contribution is 8.01. The van der Waals surface area contributed by atoms with E-state index in [1.807, 2.05) is 79.7 Å². The lowest BCUT2D eigenvalue weighted by molar-refractivity contribution is -0.125. The fourth-order valence-corrected chi connectivity index (χ4v) is 6.68. The van der Waals surface area contributed by atoms with Gasteiger partial charge >= 0.3 is 0 Å². The normalized spacial score (nSPS) is 12.7.